The van der Waals surface area contributed by atoms with Crippen molar-refractivity contribution in [1.82, 2.24) is 9.80 Å². The fraction of sp³-hybridized carbons (Fsp3) is 0.474. The van der Waals surface area contributed by atoms with Crippen LogP contribution in [0.2, 0.25) is 0 Å². The Hall–Kier alpha value is -3.50. The van der Waals surface area contributed by atoms with Crippen LogP contribution in [0.5, 0.6) is 0 Å². The highest BCUT2D eigenvalue weighted by atomic mass is 16.6. The highest BCUT2D eigenvalue weighted by molar-refractivity contribution is 6.02. The first-order valence-electron chi connectivity index (χ1n) is 9.61. The third-order valence-corrected chi connectivity index (χ3v) is 5.11. The molecule has 1 aromatic rings. The molecule has 0 aromatic heterocycles. The molecular formula is C19H22N4O7. The summed E-state index contributed by atoms with van der Waals surface area (Å²) in [7, 11) is 0. The van der Waals surface area contributed by atoms with Gasteiger partial charge in [-0.3, -0.25) is 34.2 Å². The summed E-state index contributed by atoms with van der Waals surface area (Å²) in [6.45, 7) is 1.55. The standard InChI is InChI=1S/C19H22N4O7/c24-16-5-6-17(25)22(16)8-7-19(27)30-13-18(26)21-11-9-20(10-12-21)14-1-3-15(4-2-14)23(28)29/h1-4H,5-13H2. The summed E-state index contributed by atoms with van der Waals surface area (Å²) in [6.07, 6.45) is 0.190. The van der Waals surface area contributed by atoms with Gasteiger partial charge in [-0.2, -0.15) is 0 Å². The van der Waals surface area contributed by atoms with Gasteiger partial charge >= 0.3 is 5.97 Å². The molecule has 160 valence electrons. The fourth-order valence-corrected chi connectivity index (χ4v) is 3.38. The van der Waals surface area contributed by atoms with Crippen molar-refractivity contribution < 1.29 is 28.8 Å². The number of piperazine rings is 1. The van der Waals surface area contributed by atoms with Crippen molar-refractivity contribution in [2.45, 2.75) is 19.3 Å². The molecule has 0 atom stereocenters. The second kappa shape index (κ2) is 9.33. The lowest BCUT2D eigenvalue weighted by atomic mass is 10.2. The van der Waals surface area contributed by atoms with Crippen LogP contribution in [-0.2, 0) is 23.9 Å². The third kappa shape index (κ3) is 5.10. The van der Waals surface area contributed by atoms with Gasteiger partial charge in [0.25, 0.3) is 11.6 Å². The zero-order valence-corrected chi connectivity index (χ0v) is 16.3. The number of anilines is 1. The zero-order valence-electron chi connectivity index (χ0n) is 16.3. The molecule has 11 nitrogen and oxygen atoms in total. The molecule has 30 heavy (non-hydrogen) atoms. The molecule has 0 bridgehead atoms. The van der Waals surface area contributed by atoms with Crippen LogP contribution in [0.4, 0.5) is 11.4 Å². The van der Waals surface area contributed by atoms with E-state index in [1.54, 1.807) is 17.0 Å². The molecule has 3 amide bonds. The number of amides is 3. The van der Waals surface area contributed by atoms with Gasteiger partial charge in [-0.15, -0.1) is 0 Å². The Bertz CT molecular complexity index is 831. The number of nitro benzene ring substituents is 1. The topological polar surface area (TPSA) is 130 Å². The van der Waals surface area contributed by atoms with Gasteiger partial charge < -0.3 is 14.5 Å². The van der Waals surface area contributed by atoms with Gasteiger partial charge in [0.15, 0.2) is 6.61 Å². The molecular weight excluding hydrogens is 396 g/mol. The van der Waals surface area contributed by atoms with Gasteiger partial charge in [0, 0.05) is 63.4 Å². The predicted molar refractivity (Wildman–Crippen MR) is 103 cm³/mol. The minimum absolute atomic E-state index is 0.0212. The van der Waals surface area contributed by atoms with E-state index in [4.69, 9.17) is 4.74 Å². The van der Waals surface area contributed by atoms with E-state index in [0.717, 1.165) is 10.6 Å². The van der Waals surface area contributed by atoms with Crippen molar-refractivity contribution in [2.24, 2.45) is 0 Å². The van der Waals surface area contributed by atoms with E-state index >= 15 is 0 Å². The number of carbonyl (C=O) groups excluding carboxylic acids is 4. The molecule has 0 spiro atoms. The zero-order chi connectivity index (χ0) is 21.7. The molecule has 1 aromatic carbocycles. The Balaban J connectivity index is 1.38. The van der Waals surface area contributed by atoms with Gasteiger partial charge in [0.2, 0.25) is 11.8 Å². The Morgan fingerprint density at radius 2 is 1.60 bits per heavy atom. The predicted octanol–water partition coefficient (Wildman–Crippen LogP) is 0.326. The van der Waals surface area contributed by atoms with Gasteiger partial charge in [-0.05, 0) is 12.1 Å². The third-order valence-electron chi connectivity index (χ3n) is 5.11. The van der Waals surface area contributed by atoms with Crippen LogP contribution in [0.15, 0.2) is 24.3 Å². The van der Waals surface area contributed by atoms with Crippen LogP contribution in [0.1, 0.15) is 19.3 Å². The molecule has 0 unspecified atom stereocenters. The fourth-order valence-electron chi connectivity index (χ4n) is 3.38. The molecule has 2 aliphatic heterocycles. The van der Waals surface area contributed by atoms with Gasteiger partial charge in [0.05, 0.1) is 11.3 Å². The first-order chi connectivity index (χ1) is 14.3. The van der Waals surface area contributed by atoms with Crippen LogP contribution in [0, 0.1) is 10.1 Å². The summed E-state index contributed by atoms with van der Waals surface area (Å²) < 4.78 is 4.98. The second-order valence-corrected chi connectivity index (χ2v) is 6.99. The molecule has 0 saturated carbocycles. The van der Waals surface area contributed by atoms with Crippen LogP contribution in [0.3, 0.4) is 0 Å². The van der Waals surface area contributed by atoms with Crippen LogP contribution in [0.25, 0.3) is 0 Å². The SMILES string of the molecule is O=C(CCN1C(=O)CCC1=O)OCC(=O)N1CCN(c2ccc([N+](=O)[O-])cc2)CC1. The molecule has 2 fully saturated rings. The highest BCUT2D eigenvalue weighted by Crippen LogP contribution is 2.20. The average Bonchev–Trinajstić information content (AvgIpc) is 3.08. The number of non-ortho nitro benzene ring substituents is 1. The number of carbonyl (C=O) groups is 4. The van der Waals surface area contributed by atoms with Crippen molar-refractivity contribution in [1.29, 1.82) is 0 Å². The minimum Gasteiger partial charge on any atom is -0.456 e. The smallest absolute Gasteiger partial charge is 0.308 e. The Morgan fingerprint density at radius 1 is 1.00 bits per heavy atom. The number of hydrogen-bond donors (Lipinski definition) is 0. The lowest BCUT2D eigenvalue weighted by Gasteiger charge is -2.36. The van der Waals surface area contributed by atoms with E-state index < -0.39 is 17.5 Å². The lowest BCUT2D eigenvalue weighted by Crippen LogP contribution is -2.50. The minimum atomic E-state index is -0.639. The van der Waals surface area contributed by atoms with Crippen molar-refractivity contribution in [3.8, 4) is 0 Å². The number of hydrogen-bond acceptors (Lipinski definition) is 8. The van der Waals surface area contributed by atoms with E-state index in [1.807, 2.05) is 4.90 Å². The molecule has 2 saturated heterocycles. The van der Waals surface area contributed by atoms with Crippen molar-refractivity contribution in [3.05, 3.63) is 34.4 Å². The van der Waals surface area contributed by atoms with E-state index in [9.17, 15) is 29.3 Å². The number of nitrogens with zero attached hydrogens (tertiary/aromatic N) is 4. The second-order valence-electron chi connectivity index (χ2n) is 6.99. The Kier molecular flexibility index (Phi) is 6.60. The summed E-state index contributed by atoms with van der Waals surface area (Å²) in [4.78, 5) is 62.0. The number of imide groups is 1. The van der Waals surface area contributed by atoms with Crippen molar-refractivity contribution in [3.63, 3.8) is 0 Å². The molecule has 0 radical (unpaired) electrons. The lowest BCUT2D eigenvalue weighted by molar-refractivity contribution is -0.384. The van der Waals surface area contributed by atoms with Crippen LogP contribution >= 0.6 is 0 Å². The summed E-state index contributed by atoms with van der Waals surface area (Å²) in [5, 5.41) is 10.7. The average molecular weight is 418 g/mol. The highest BCUT2D eigenvalue weighted by Gasteiger charge is 2.29. The molecule has 11 heteroatoms. The largest absolute Gasteiger partial charge is 0.456 e. The van der Waals surface area contributed by atoms with Crippen molar-refractivity contribution >= 4 is 35.1 Å². The Labute approximate surface area is 172 Å². The van der Waals surface area contributed by atoms with Gasteiger partial charge in [0.1, 0.15) is 0 Å². The first-order valence-corrected chi connectivity index (χ1v) is 9.61. The summed E-state index contributed by atoms with van der Waals surface area (Å²) >= 11 is 0. The first kappa shape index (κ1) is 21.2. The molecule has 0 aliphatic carbocycles. The van der Waals surface area contributed by atoms with E-state index in [-0.39, 0.29) is 49.2 Å². The molecule has 2 heterocycles. The van der Waals surface area contributed by atoms with E-state index in [1.165, 1.54) is 12.1 Å². The van der Waals surface area contributed by atoms with Crippen LogP contribution < -0.4 is 4.90 Å². The molecule has 3 rings (SSSR count). The number of nitro groups is 1. The summed E-state index contributed by atoms with van der Waals surface area (Å²) in [5.74, 6) is -1.55. The normalized spacial score (nSPS) is 16.7. The molecule has 0 N–H and O–H groups in total. The number of benzene rings is 1. The Morgan fingerprint density at radius 3 is 2.17 bits per heavy atom. The number of ether oxygens (including phenoxy) is 1. The quantitative estimate of drug-likeness (QED) is 0.268. The van der Waals surface area contributed by atoms with E-state index in [2.05, 4.69) is 0 Å². The molecule has 2 aliphatic rings. The number of esters is 1. The summed E-state index contributed by atoms with van der Waals surface area (Å²) in [5.41, 5.74) is 0.859. The van der Waals surface area contributed by atoms with Gasteiger partial charge in [-0.25, -0.2) is 0 Å². The van der Waals surface area contributed by atoms with Crippen molar-refractivity contribution in [2.75, 3.05) is 44.2 Å². The maximum Gasteiger partial charge on any atom is 0.308 e. The summed E-state index contributed by atoms with van der Waals surface area (Å²) in [6, 6.07) is 6.23. The number of rotatable bonds is 7. The monoisotopic (exact) mass is 418 g/mol. The maximum atomic E-state index is 12.3. The van der Waals surface area contributed by atoms with E-state index in [0.29, 0.717) is 26.2 Å². The number of likely N-dealkylation sites (tertiary alicyclic amines) is 1. The van der Waals surface area contributed by atoms with Crippen LogP contribution in [-0.4, -0.2) is 77.7 Å². The van der Waals surface area contributed by atoms with Gasteiger partial charge in [-0.1, -0.05) is 0 Å². The maximum absolute atomic E-state index is 12.3.